The van der Waals surface area contributed by atoms with Gasteiger partial charge in [0, 0.05) is 6.04 Å². The summed E-state index contributed by atoms with van der Waals surface area (Å²) in [5.41, 5.74) is 2.16. The van der Waals surface area contributed by atoms with Crippen molar-refractivity contribution < 1.29 is 14.7 Å². The Balaban J connectivity index is 1.64. The fraction of sp³-hybridized carbons (Fsp3) is 0.389. The van der Waals surface area contributed by atoms with Crippen LogP contribution in [0.3, 0.4) is 0 Å². The van der Waals surface area contributed by atoms with Gasteiger partial charge in [-0.1, -0.05) is 6.07 Å². The highest BCUT2D eigenvalue weighted by molar-refractivity contribution is 7.13. The van der Waals surface area contributed by atoms with Crippen molar-refractivity contribution >= 4 is 23.2 Å². The number of amides is 1. The van der Waals surface area contributed by atoms with Gasteiger partial charge in [-0.3, -0.25) is 14.6 Å². The van der Waals surface area contributed by atoms with E-state index >= 15 is 0 Å². The van der Waals surface area contributed by atoms with E-state index in [1.807, 2.05) is 36.6 Å². The standard InChI is InChI=1S/C18H20N2O3S/c1-11-14(8-9-15(19-11)16-3-2-10-24-16)17(21)20-13-6-4-12(5-7-13)18(22)23/h2-3,8-10,12-13H,4-7H2,1H3,(H,20,21)(H,22,23). The Labute approximate surface area is 144 Å². The van der Waals surface area contributed by atoms with E-state index in [1.54, 1.807) is 11.3 Å². The van der Waals surface area contributed by atoms with E-state index in [2.05, 4.69) is 10.3 Å². The fourth-order valence-corrected chi connectivity index (χ4v) is 3.81. The number of pyridine rings is 1. The molecule has 1 amide bonds. The van der Waals surface area contributed by atoms with Crippen molar-refractivity contribution in [2.45, 2.75) is 38.6 Å². The molecule has 6 heteroatoms. The third kappa shape index (κ3) is 3.64. The lowest BCUT2D eigenvalue weighted by atomic mass is 9.86. The molecule has 2 N–H and O–H groups in total. The zero-order valence-corrected chi connectivity index (χ0v) is 14.3. The molecule has 0 radical (unpaired) electrons. The average molecular weight is 344 g/mol. The van der Waals surface area contributed by atoms with E-state index in [4.69, 9.17) is 5.11 Å². The van der Waals surface area contributed by atoms with Gasteiger partial charge in [0.2, 0.25) is 0 Å². The molecular formula is C18H20N2O3S. The molecule has 5 nitrogen and oxygen atoms in total. The summed E-state index contributed by atoms with van der Waals surface area (Å²) in [7, 11) is 0. The number of aliphatic carboxylic acids is 1. The van der Waals surface area contributed by atoms with E-state index in [-0.39, 0.29) is 17.9 Å². The Kier molecular flexibility index (Phi) is 4.94. The summed E-state index contributed by atoms with van der Waals surface area (Å²) in [6.07, 6.45) is 2.66. The topological polar surface area (TPSA) is 79.3 Å². The van der Waals surface area contributed by atoms with Crippen LogP contribution in [-0.4, -0.2) is 28.0 Å². The van der Waals surface area contributed by atoms with Crippen LogP contribution in [0.15, 0.2) is 29.6 Å². The summed E-state index contributed by atoms with van der Waals surface area (Å²) >= 11 is 1.62. The summed E-state index contributed by atoms with van der Waals surface area (Å²) in [5.74, 6) is -1.13. The summed E-state index contributed by atoms with van der Waals surface area (Å²) < 4.78 is 0. The summed E-state index contributed by atoms with van der Waals surface area (Å²) in [5, 5.41) is 14.1. The second-order valence-corrected chi connectivity index (χ2v) is 7.11. The van der Waals surface area contributed by atoms with Crippen molar-refractivity contribution in [2.75, 3.05) is 0 Å². The lowest BCUT2D eigenvalue weighted by Gasteiger charge is -2.27. The van der Waals surface area contributed by atoms with Crippen LogP contribution in [0, 0.1) is 12.8 Å². The predicted octanol–water partition coefficient (Wildman–Crippen LogP) is 3.49. The third-order valence-electron chi connectivity index (χ3n) is 4.52. The number of rotatable bonds is 4. The molecular weight excluding hydrogens is 324 g/mol. The first-order chi connectivity index (χ1) is 11.5. The van der Waals surface area contributed by atoms with E-state index in [0.29, 0.717) is 36.9 Å². The lowest BCUT2D eigenvalue weighted by molar-refractivity contribution is -0.142. The second kappa shape index (κ2) is 7.13. The lowest BCUT2D eigenvalue weighted by Crippen LogP contribution is -2.39. The molecule has 2 aromatic rings. The van der Waals surface area contributed by atoms with Gasteiger partial charge in [0.05, 0.1) is 27.7 Å². The number of nitrogens with zero attached hydrogens (tertiary/aromatic N) is 1. The maximum atomic E-state index is 12.5. The number of carbonyl (C=O) groups excluding carboxylic acids is 1. The molecule has 24 heavy (non-hydrogen) atoms. The number of carbonyl (C=O) groups is 2. The minimum atomic E-state index is -0.732. The number of aromatic nitrogens is 1. The smallest absolute Gasteiger partial charge is 0.306 e. The monoisotopic (exact) mass is 344 g/mol. The Hall–Kier alpha value is -2.21. The Bertz CT molecular complexity index is 735. The van der Waals surface area contributed by atoms with E-state index in [9.17, 15) is 9.59 Å². The van der Waals surface area contributed by atoms with Crippen LogP contribution >= 0.6 is 11.3 Å². The van der Waals surface area contributed by atoms with Crippen LogP contribution in [0.5, 0.6) is 0 Å². The fourth-order valence-electron chi connectivity index (χ4n) is 3.11. The summed E-state index contributed by atoms with van der Waals surface area (Å²) in [4.78, 5) is 29.1. The molecule has 3 rings (SSSR count). The minimum absolute atomic E-state index is 0.0458. The number of aryl methyl sites for hydroxylation is 1. The Morgan fingerprint density at radius 3 is 2.54 bits per heavy atom. The maximum Gasteiger partial charge on any atom is 0.306 e. The van der Waals surface area contributed by atoms with Gasteiger partial charge in [0.1, 0.15) is 0 Å². The molecule has 2 aromatic heterocycles. The summed E-state index contributed by atoms with van der Waals surface area (Å²) in [6.45, 7) is 1.84. The number of carboxylic acid groups (broad SMARTS) is 1. The SMILES string of the molecule is Cc1nc(-c2cccs2)ccc1C(=O)NC1CCC(C(=O)O)CC1. The molecule has 126 valence electrons. The van der Waals surface area contributed by atoms with E-state index in [1.165, 1.54) is 0 Å². The number of nitrogens with one attached hydrogen (secondary N) is 1. The number of hydrogen-bond donors (Lipinski definition) is 2. The van der Waals surface area contributed by atoms with Gasteiger partial charge in [-0.15, -0.1) is 11.3 Å². The molecule has 2 heterocycles. The second-order valence-electron chi connectivity index (χ2n) is 6.17. The normalized spacial score (nSPS) is 20.5. The van der Waals surface area contributed by atoms with Crippen molar-refractivity contribution in [1.82, 2.24) is 10.3 Å². The molecule has 0 bridgehead atoms. The molecule has 0 saturated heterocycles. The van der Waals surface area contributed by atoms with Crippen LogP contribution in [0.4, 0.5) is 0 Å². The molecule has 1 aliphatic carbocycles. The highest BCUT2D eigenvalue weighted by Crippen LogP contribution is 2.26. The van der Waals surface area contributed by atoms with Gasteiger partial charge in [0.25, 0.3) is 5.91 Å². The zero-order chi connectivity index (χ0) is 17.1. The highest BCUT2D eigenvalue weighted by atomic mass is 32.1. The molecule has 0 atom stereocenters. The van der Waals surface area contributed by atoms with Crippen molar-refractivity contribution in [3.63, 3.8) is 0 Å². The van der Waals surface area contributed by atoms with Crippen LogP contribution in [0.1, 0.15) is 41.7 Å². The molecule has 0 aliphatic heterocycles. The van der Waals surface area contributed by atoms with Crippen LogP contribution in [-0.2, 0) is 4.79 Å². The van der Waals surface area contributed by atoms with E-state index in [0.717, 1.165) is 10.6 Å². The van der Waals surface area contributed by atoms with Crippen LogP contribution in [0.2, 0.25) is 0 Å². The molecule has 1 saturated carbocycles. The first-order valence-corrected chi connectivity index (χ1v) is 8.97. The zero-order valence-electron chi connectivity index (χ0n) is 13.5. The van der Waals surface area contributed by atoms with Gasteiger partial charge < -0.3 is 10.4 Å². The largest absolute Gasteiger partial charge is 0.481 e. The van der Waals surface area contributed by atoms with Crippen molar-refractivity contribution in [3.05, 3.63) is 40.9 Å². The number of hydrogen-bond acceptors (Lipinski definition) is 4. The van der Waals surface area contributed by atoms with Crippen LogP contribution < -0.4 is 5.32 Å². The molecule has 1 aliphatic rings. The van der Waals surface area contributed by atoms with Gasteiger partial charge >= 0.3 is 5.97 Å². The Morgan fingerprint density at radius 2 is 1.96 bits per heavy atom. The molecule has 0 unspecified atom stereocenters. The van der Waals surface area contributed by atoms with Crippen molar-refractivity contribution in [1.29, 1.82) is 0 Å². The molecule has 1 fully saturated rings. The first-order valence-electron chi connectivity index (χ1n) is 8.10. The van der Waals surface area contributed by atoms with Gasteiger partial charge in [-0.05, 0) is 56.2 Å². The number of thiophene rings is 1. The van der Waals surface area contributed by atoms with Crippen molar-refractivity contribution in [2.24, 2.45) is 5.92 Å². The average Bonchev–Trinajstić information content (AvgIpc) is 3.09. The molecule has 0 aromatic carbocycles. The Morgan fingerprint density at radius 1 is 1.21 bits per heavy atom. The predicted molar refractivity (Wildman–Crippen MR) is 93.1 cm³/mol. The highest BCUT2D eigenvalue weighted by Gasteiger charge is 2.27. The minimum Gasteiger partial charge on any atom is -0.481 e. The molecule has 0 spiro atoms. The van der Waals surface area contributed by atoms with Gasteiger partial charge in [-0.2, -0.15) is 0 Å². The summed E-state index contributed by atoms with van der Waals surface area (Å²) in [6, 6.07) is 7.72. The third-order valence-corrected chi connectivity index (χ3v) is 5.41. The number of carboxylic acids is 1. The first kappa shape index (κ1) is 16.6. The van der Waals surface area contributed by atoms with Crippen molar-refractivity contribution in [3.8, 4) is 10.6 Å². The van der Waals surface area contributed by atoms with Gasteiger partial charge in [-0.25, -0.2) is 0 Å². The van der Waals surface area contributed by atoms with Gasteiger partial charge in [0.15, 0.2) is 0 Å². The van der Waals surface area contributed by atoms with E-state index < -0.39 is 5.97 Å². The quantitative estimate of drug-likeness (QED) is 0.890. The van der Waals surface area contributed by atoms with Crippen LogP contribution in [0.25, 0.3) is 10.6 Å². The maximum absolute atomic E-state index is 12.5.